The van der Waals surface area contributed by atoms with Crippen LogP contribution in [0.1, 0.15) is 14.5 Å². The predicted octanol–water partition coefficient (Wildman–Crippen LogP) is 2.60. The van der Waals surface area contributed by atoms with Crippen molar-refractivity contribution >= 4 is 44.7 Å². The van der Waals surface area contributed by atoms with Crippen LogP contribution >= 0.6 is 22.9 Å². The molecule has 0 amide bonds. The topological polar surface area (TPSA) is 96.4 Å². The van der Waals surface area contributed by atoms with Crippen LogP contribution in [-0.4, -0.2) is 24.5 Å². The number of carboxylic acid groups (broad SMARTS) is 1. The van der Waals surface area contributed by atoms with E-state index in [1.54, 1.807) is 6.92 Å². The number of aryl methyl sites for hydroxylation is 1. The maximum Gasteiger partial charge on any atom is 0.345 e. The minimum Gasteiger partial charge on any atom is -0.477 e. The molecular formula is C11H9ClN2O4S2. The normalized spacial score (nSPS) is 11.3. The number of rotatable bonds is 4. The van der Waals surface area contributed by atoms with Crippen LogP contribution in [0.15, 0.2) is 29.3 Å². The Morgan fingerprint density at radius 3 is 2.65 bits per heavy atom. The van der Waals surface area contributed by atoms with Crippen molar-refractivity contribution in [2.24, 2.45) is 0 Å². The number of halogens is 1. The number of hydrogen-bond acceptors (Lipinski definition) is 5. The smallest absolute Gasteiger partial charge is 0.345 e. The van der Waals surface area contributed by atoms with Crippen LogP contribution in [0.3, 0.4) is 0 Å². The van der Waals surface area contributed by atoms with Gasteiger partial charge in [-0.2, -0.15) is 0 Å². The molecule has 20 heavy (non-hydrogen) atoms. The molecule has 106 valence electrons. The number of anilines is 1. The summed E-state index contributed by atoms with van der Waals surface area (Å²) in [7, 11) is -3.88. The molecule has 0 radical (unpaired) electrons. The first-order valence-electron chi connectivity index (χ1n) is 5.28. The second kappa shape index (κ2) is 5.39. The molecule has 2 heterocycles. The number of thiophene rings is 1. The molecule has 0 unspecified atom stereocenters. The minimum absolute atomic E-state index is 0.0352. The van der Waals surface area contributed by atoms with Gasteiger partial charge in [-0.1, -0.05) is 11.6 Å². The van der Waals surface area contributed by atoms with Crippen molar-refractivity contribution in [2.45, 2.75) is 11.8 Å². The molecule has 0 fully saturated rings. The lowest BCUT2D eigenvalue weighted by atomic mass is 10.4. The van der Waals surface area contributed by atoms with Crippen molar-refractivity contribution in [3.05, 3.63) is 39.2 Å². The van der Waals surface area contributed by atoms with Gasteiger partial charge >= 0.3 is 5.97 Å². The van der Waals surface area contributed by atoms with E-state index < -0.39 is 16.0 Å². The molecule has 2 aromatic rings. The Hall–Kier alpha value is -1.64. The van der Waals surface area contributed by atoms with Crippen molar-refractivity contribution in [1.29, 1.82) is 0 Å². The molecule has 2 aromatic heterocycles. The number of nitrogens with zero attached hydrogens (tertiary/aromatic N) is 1. The molecule has 0 atom stereocenters. The van der Waals surface area contributed by atoms with Gasteiger partial charge in [-0.05, 0) is 25.1 Å². The Balaban J connectivity index is 2.35. The standard InChI is InChI=1S/C11H9ClN2O4S2/c1-6-9(4-8(19-6)11(15)16)20(17,18)14-10-3-2-7(12)5-13-10/h2-5H,1H3,(H,13,14)(H,15,16). The molecule has 0 aromatic carbocycles. The lowest BCUT2D eigenvalue weighted by Gasteiger charge is -2.06. The summed E-state index contributed by atoms with van der Waals surface area (Å²) in [6.07, 6.45) is 1.31. The van der Waals surface area contributed by atoms with Crippen molar-refractivity contribution < 1.29 is 18.3 Å². The zero-order valence-corrected chi connectivity index (χ0v) is 12.5. The van der Waals surface area contributed by atoms with Crippen molar-refractivity contribution in [3.8, 4) is 0 Å². The number of aromatic nitrogens is 1. The summed E-state index contributed by atoms with van der Waals surface area (Å²) >= 11 is 6.56. The van der Waals surface area contributed by atoms with Crippen LogP contribution in [0.25, 0.3) is 0 Å². The third-order valence-electron chi connectivity index (χ3n) is 2.34. The monoisotopic (exact) mass is 332 g/mol. The Bertz CT molecular complexity index is 753. The van der Waals surface area contributed by atoms with Gasteiger partial charge in [-0.15, -0.1) is 11.3 Å². The van der Waals surface area contributed by atoms with E-state index in [4.69, 9.17) is 16.7 Å². The maximum absolute atomic E-state index is 12.2. The van der Waals surface area contributed by atoms with Crippen LogP contribution in [0, 0.1) is 6.92 Å². The van der Waals surface area contributed by atoms with Gasteiger partial charge in [0.15, 0.2) is 0 Å². The maximum atomic E-state index is 12.2. The Kier molecular flexibility index (Phi) is 3.98. The molecule has 0 aliphatic heterocycles. The van der Waals surface area contributed by atoms with Gasteiger partial charge in [-0.3, -0.25) is 4.72 Å². The average molecular weight is 333 g/mol. The molecule has 0 spiro atoms. The summed E-state index contributed by atoms with van der Waals surface area (Å²) in [5.41, 5.74) is 0. The van der Waals surface area contributed by atoms with Crippen LogP contribution in [0.4, 0.5) is 5.82 Å². The highest BCUT2D eigenvalue weighted by Crippen LogP contribution is 2.27. The number of pyridine rings is 1. The Labute approximate surface area is 124 Å². The van der Waals surface area contributed by atoms with Gasteiger partial charge in [0.05, 0.1) is 5.02 Å². The summed E-state index contributed by atoms with van der Waals surface area (Å²) in [5.74, 6) is -1.05. The van der Waals surface area contributed by atoms with Gasteiger partial charge in [0.25, 0.3) is 10.0 Å². The first kappa shape index (κ1) is 14.8. The van der Waals surface area contributed by atoms with E-state index in [0.29, 0.717) is 9.90 Å². The first-order valence-corrected chi connectivity index (χ1v) is 7.95. The molecule has 0 aliphatic carbocycles. The molecule has 9 heteroatoms. The molecule has 2 rings (SSSR count). The highest BCUT2D eigenvalue weighted by Gasteiger charge is 2.22. The number of hydrogen-bond donors (Lipinski definition) is 2. The average Bonchev–Trinajstić information content (AvgIpc) is 2.75. The fraction of sp³-hybridized carbons (Fsp3) is 0.0909. The summed E-state index contributed by atoms with van der Waals surface area (Å²) in [6.45, 7) is 1.54. The lowest BCUT2D eigenvalue weighted by molar-refractivity contribution is 0.0702. The minimum atomic E-state index is -3.88. The van der Waals surface area contributed by atoms with E-state index in [2.05, 4.69) is 9.71 Å². The largest absolute Gasteiger partial charge is 0.477 e. The van der Waals surface area contributed by atoms with E-state index in [9.17, 15) is 13.2 Å². The number of aromatic carboxylic acids is 1. The van der Waals surface area contributed by atoms with Crippen molar-refractivity contribution in [2.75, 3.05) is 4.72 Å². The number of sulfonamides is 1. The summed E-state index contributed by atoms with van der Waals surface area (Å²) in [6, 6.07) is 4.04. The van der Waals surface area contributed by atoms with E-state index in [0.717, 1.165) is 17.4 Å². The van der Waals surface area contributed by atoms with Gasteiger partial charge in [0.2, 0.25) is 0 Å². The SMILES string of the molecule is Cc1sc(C(=O)O)cc1S(=O)(=O)Nc1ccc(Cl)cn1. The first-order chi connectivity index (χ1) is 9.29. The fourth-order valence-electron chi connectivity index (χ4n) is 1.47. The molecule has 0 saturated heterocycles. The highest BCUT2D eigenvalue weighted by molar-refractivity contribution is 7.93. The molecule has 6 nitrogen and oxygen atoms in total. The fourth-order valence-corrected chi connectivity index (χ4v) is 4.02. The third-order valence-corrected chi connectivity index (χ3v) is 5.21. The Morgan fingerprint density at radius 2 is 2.15 bits per heavy atom. The summed E-state index contributed by atoms with van der Waals surface area (Å²) < 4.78 is 26.6. The van der Waals surface area contributed by atoms with E-state index in [1.807, 2.05) is 0 Å². The zero-order chi connectivity index (χ0) is 14.9. The molecule has 0 aliphatic rings. The van der Waals surface area contributed by atoms with Gasteiger partial charge < -0.3 is 5.11 Å². The number of carboxylic acids is 1. The van der Waals surface area contributed by atoms with Gasteiger partial charge in [-0.25, -0.2) is 18.2 Å². The molecule has 0 bridgehead atoms. The number of nitrogens with one attached hydrogen (secondary N) is 1. The second-order valence-electron chi connectivity index (χ2n) is 3.80. The summed E-state index contributed by atoms with van der Waals surface area (Å²) in [5, 5.41) is 9.26. The van der Waals surface area contributed by atoms with Crippen LogP contribution < -0.4 is 4.72 Å². The van der Waals surface area contributed by atoms with Crippen molar-refractivity contribution in [3.63, 3.8) is 0 Å². The van der Waals surface area contributed by atoms with Crippen LogP contribution in [-0.2, 0) is 10.0 Å². The summed E-state index contributed by atoms with van der Waals surface area (Å²) in [4.78, 5) is 15.0. The second-order valence-corrected chi connectivity index (χ2v) is 7.15. The lowest BCUT2D eigenvalue weighted by Crippen LogP contribution is -2.14. The van der Waals surface area contributed by atoms with Gasteiger partial charge in [0, 0.05) is 11.1 Å². The Morgan fingerprint density at radius 1 is 1.45 bits per heavy atom. The van der Waals surface area contributed by atoms with Crippen LogP contribution in [0.2, 0.25) is 5.02 Å². The highest BCUT2D eigenvalue weighted by atomic mass is 35.5. The van der Waals surface area contributed by atoms with E-state index in [-0.39, 0.29) is 15.6 Å². The predicted molar refractivity (Wildman–Crippen MR) is 76.1 cm³/mol. The van der Waals surface area contributed by atoms with Crippen LogP contribution in [0.5, 0.6) is 0 Å². The van der Waals surface area contributed by atoms with E-state index in [1.165, 1.54) is 18.3 Å². The third kappa shape index (κ3) is 3.09. The molecule has 0 saturated carbocycles. The van der Waals surface area contributed by atoms with Gasteiger partial charge in [0.1, 0.15) is 15.6 Å². The number of carbonyl (C=O) groups is 1. The van der Waals surface area contributed by atoms with E-state index >= 15 is 0 Å². The zero-order valence-electron chi connectivity index (χ0n) is 10.1. The quantitative estimate of drug-likeness (QED) is 0.897. The molecule has 2 N–H and O–H groups in total. The molecular weight excluding hydrogens is 324 g/mol. The van der Waals surface area contributed by atoms with Crippen molar-refractivity contribution in [1.82, 2.24) is 4.98 Å².